The van der Waals surface area contributed by atoms with E-state index in [4.69, 9.17) is 5.14 Å². The van der Waals surface area contributed by atoms with E-state index in [9.17, 15) is 8.42 Å². The number of nitrogens with one attached hydrogen (secondary N) is 1. The van der Waals surface area contributed by atoms with Crippen molar-refractivity contribution in [2.45, 2.75) is 30.9 Å². The molecule has 96 valence electrons. The molecule has 0 amide bonds. The third kappa shape index (κ3) is 2.90. The standard InChI is InChI=1S/C10H16N2O2S3/c1-3-12-8-4-6(2)15-10-7(8)5-9(16-10)17(11,13)14/h4,8-9,12H,3,5H2,1-2H3,(H2,11,13,14). The van der Waals surface area contributed by atoms with Gasteiger partial charge in [0, 0.05) is 10.3 Å². The molecule has 0 bridgehead atoms. The minimum absolute atomic E-state index is 0.162. The number of primary sulfonamides is 1. The third-order valence-corrected chi connectivity index (χ3v) is 7.05. The molecule has 0 aromatic heterocycles. The Hall–Kier alpha value is 0.0500. The van der Waals surface area contributed by atoms with Gasteiger partial charge in [-0.3, -0.25) is 0 Å². The van der Waals surface area contributed by atoms with E-state index in [0.717, 1.165) is 10.8 Å². The molecule has 2 atom stereocenters. The van der Waals surface area contributed by atoms with Gasteiger partial charge in [-0.2, -0.15) is 0 Å². The fraction of sp³-hybridized carbons (Fsp3) is 0.600. The van der Waals surface area contributed by atoms with E-state index in [1.807, 2.05) is 13.8 Å². The summed E-state index contributed by atoms with van der Waals surface area (Å²) in [5, 5.41) is 8.59. The summed E-state index contributed by atoms with van der Waals surface area (Å²) in [6, 6.07) is 0.162. The van der Waals surface area contributed by atoms with Crippen molar-refractivity contribution < 1.29 is 8.42 Å². The second-order valence-corrected chi connectivity index (χ2v) is 8.84. The first-order valence-corrected chi connectivity index (χ1v) is 8.73. The zero-order valence-electron chi connectivity index (χ0n) is 9.76. The van der Waals surface area contributed by atoms with Crippen molar-refractivity contribution in [3.05, 3.63) is 20.8 Å². The van der Waals surface area contributed by atoms with Crippen molar-refractivity contribution in [3.8, 4) is 0 Å². The number of hydrogen-bond acceptors (Lipinski definition) is 5. The molecule has 0 fully saturated rings. The van der Waals surface area contributed by atoms with Crippen LogP contribution in [0.25, 0.3) is 0 Å². The lowest BCUT2D eigenvalue weighted by molar-refractivity contribution is 0.592. The largest absolute Gasteiger partial charge is 0.307 e. The fourth-order valence-electron chi connectivity index (χ4n) is 1.94. The predicted octanol–water partition coefficient (Wildman–Crippen LogP) is 1.58. The van der Waals surface area contributed by atoms with E-state index in [1.54, 1.807) is 11.8 Å². The molecule has 4 nitrogen and oxygen atoms in total. The minimum Gasteiger partial charge on any atom is -0.307 e. The van der Waals surface area contributed by atoms with Crippen LogP contribution in [0.4, 0.5) is 0 Å². The zero-order chi connectivity index (χ0) is 12.6. The second-order valence-electron chi connectivity index (χ2n) is 4.07. The Labute approximate surface area is 111 Å². The lowest BCUT2D eigenvalue weighted by Gasteiger charge is -2.22. The molecule has 0 saturated carbocycles. The molecule has 2 rings (SSSR count). The van der Waals surface area contributed by atoms with E-state index < -0.39 is 14.6 Å². The van der Waals surface area contributed by atoms with Gasteiger partial charge < -0.3 is 5.32 Å². The van der Waals surface area contributed by atoms with Crippen LogP contribution in [0.3, 0.4) is 0 Å². The molecule has 0 spiro atoms. The first-order valence-electron chi connectivity index (χ1n) is 5.42. The van der Waals surface area contributed by atoms with Crippen molar-refractivity contribution in [3.63, 3.8) is 0 Å². The van der Waals surface area contributed by atoms with Crippen molar-refractivity contribution in [2.75, 3.05) is 6.54 Å². The van der Waals surface area contributed by atoms with Gasteiger partial charge in [0.15, 0.2) is 0 Å². The Bertz CT molecular complexity index is 482. The fourth-order valence-corrected chi connectivity index (χ4v) is 6.00. The number of likely N-dealkylation sites (N-methyl/N-ethyl adjacent to an activating group) is 1. The molecule has 0 aliphatic carbocycles. The van der Waals surface area contributed by atoms with E-state index in [0.29, 0.717) is 6.42 Å². The molecule has 0 aromatic carbocycles. The van der Waals surface area contributed by atoms with Gasteiger partial charge in [0.05, 0.1) is 0 Å². The molecule has 0 aromatic rings. The van der Waals surface area contributed by atoms with E-state index in [1.165, 1.54) is 22.2 Å². The highest BCUT2D eigenvalue weighted by atomic mass is 32.3. The number of rotatable bonds is 3. The maximum atomic E-state index is 11.4. The van der Waals surface area contributed by atoms with Gasteiger partial charge in [0.25, 0.3) is 0 Å². The van der Waals surface area contributed by atoms with Crippen LogP contribution in [-0.2, 0) is 10.0 Å². The summed E-state index contributed by atoms with van der Waals surface area (Å²) in [5.74, 6) is 0. The molecule has 2 heterocycles. The Kier molecular flexibility index (Phi) is 3.94. The summed E-state index contributed by atoms with van der Waals surface area (Å²) in [6.45, 7) is 4.95. The molecule has 2 aliphatic heterocycles. The SMILES string of the molecule is CCNC1C=C(C)SC2=C1CC(S(N)(=O)=O)S2. The van der Waals surface area contributed by atoms with Crippen molar-refractivity contribution in [2.24, 2.45) is 5.14 Å². The summed E-state index contributed by atoms with van der Waals surface area (Å²) < 4.78 is 23.4. The van der Waals surface area contributed by atoms with Crippen LogP contribution in [0.15, 0.2) is 20.8 Å². The van der Waals surface area contributed by atoms with E-state index >= 15 is 0 Å². The van der Waals surface area contributed by atoms with Crippen molar-refractivity contribution in [1.29, 1.82) is 0 Å². The second kappa shape index (κ2) is 4.97. The quantitative estimate of drug-likeness (QED) is 0.826. The number of sulfonamides is 1. The molecular weight excluding hydrogens is 276 g/mol. The number of allylic oxidation sites excluding steroid dienone is 1. The first-order chi connectivity index (χ1) is 7.91. The molecule has 2 aliphatic rings. The van der Waals surface area contributed by atoms with Crippen LogP contribution >= 0.6 is 23.5 Å². The van der Waals surface area contributed by atoms with E-state index in [2.05, 4.69) is 11.4 Å². The van der Waals surface area contributed by atoms with Crippen molar-refractivity contribution in [1.82, 2.24) is 5.32 Å². The summed E-state index contributed by atoms with van der Waals surface area (Å²) >= 11 is 3.03. The Morgan fingerprint density at radius 3 is 2.88 bits per heavy atom. The molecule has 0 saturated heterocycles. The van der Waals surface area contributed by atoms with Gasteiger partial charge in [0.2, 0.25) is 10.0 Å². The normalized spacial score (nSPS) is 29.2. The highest BCUT2D eigenvalue weighted by molar-refractivity contribution is 8.28. The molecule has 3 N–H and O–H groups in total. The smallest absolute Gasteiger partial charge is 0.222 e. The summed E-state index contributed by atoms with van der Waals surface area (Å²) in [6.07, 6.45) is 2.69. The van der Waals surface area contributed by atoms with Gasteiger partial charge in [0.1, 0.15) is 4.58 Å². The Morgan fingerprint density at radius 2 is 2.29 bits per heavy atom. The highest BCUT2D eigenvalue weighted by Gasteiger charge is 2.37. The number of thioether (sulfide) groups is 2. The van der Waals surface area contributed by atoms with Crippen LogP contribution < -0.4 is 10.5 Å². The Morgan fingerprint density at radius 1 is 1.59 bits per heavy atom. The van der Waals surface area contributed by atoms with Gasteiger partial charge in [-0.25, -0.2) is 13.6 Å². The van der Waals surface area contributed by atoms with Gasteiger partial charge >= 0.3 is 0 Å². The minimum atomic E-state index is -3.46. The highest BCUT2D eigenvalue weighted by Crippen LogP contribution is 2.51. The number of hydrogen-bond donors (Lipinski definition) is 2. The molecule has 7 heteroatoms. The average Bonchev–Trinajstić information content (AvgIpc) is 2.61. The van der Waals surface area contributed by atoms with Crippen LogP contribution in [0.1, 0.15) is 20.3 Å². The van der Waals surface area contributed by atoms with E-state index in [-0.39, 0.29) is 6.04 Å². The maximum absolute atomic E-state index is 11.4. The molecule has 0 radical (unpaired) electrons. The summed E-state index contributed by atoms with van der Waals surface area (Å²) in [4.78, 5) is 1.21. The monoisotopic (exact) mass is 292 g/mol. The predicted molar refractivity (Wildman–Crippen MR) is 74.9 cm³/mol. The first kappa shape index (κ1) is 13.5. The zero-order valence-corrected chi connectivity index (χ0v) is 12.2. The molecular formula is C10H16N2O2S3. The van der Waals surface area contributed by atoms with Gasteiger partial charge in [-0.15, -0.1) is 0 Å². The Balaban J connectivity index is 2.21. The van der Waals surface area contributed by atoms with Crippen LogP contribution in [0, 0.1) is 0 Å². The van der Waals surface area contributed by atoms with Crippen LogP contribution in [0.2, 0.25) is 0 Å². The van der Waals surface area contributed by atoms with Gasteiger partial charge in [-0.05, 0) is 30.4 Å². The summed E-state index contributed by atoms with van der Waals surface area (Å²) in [5.41, 5.74) is 1.17. The number of nitrogens with two attached hydrogens (primary N) is 1. The third-order valence-electron chi connectivity index (χ3n) is 2.71. The topological polar surface area (TPSA) is 72.2 Å². The van der Waals surface area contributed by atoms with Crippen LogP contribution in [0.5, 0.6) is 0 Å². The lowest BCUT2D eigenvalue weighted by atomic mass is 10.1. The maximum Gasteiger partial charge on any atom is 0.222 e. The molecule has 2 unspecified atom stereocenters. The lowest BCUT2D eigenvalue weighted by Crippen LogP contribution is -2.31. The molecule has 17 heavy (non-hydrogen) atoms. The van der Waals surface area contributed by atoms with Crippen LogP contribution in [-0.4, -0.2) is 25.6 Å². The summed E-state index contributed by atoms with van der Waals surface area (Å²) in [7, 11) is -3.46. The van der Waals surface area contributed by atoms with Gasteiger partial charge in [-0.1, -0.05) is 36.5 Å². The average molecular weight is 292 g/mol. The van der Waals surface area contributed by atoms with Crippen molar-refractivity contribution >= 4 is 33.5 Å².